The van der Waals surface area contributed by atoms with E-state index in [1.54, 1.807) is 0 Å². The van der Waals surface area contributed by atoms with E-state index in [9.17, 15) is 4.79 Å². The summed E-state index contributed by atoms with van der Waals surface area (Å²) in [4.78, 5) is 11.8. The van der Waals surface area contributed by atoms with Crippen LogP contribution >= 0.6 is 0 Å². The lowest BCUT2D eigenvalue weighted by molar-refractivity contribution is 0.0591. The maximum atomic E-state index is 11.8. The van der Waals surface area contributed by atoms with E-state index in [1.807, 2.05) is 4.68 Å². The molecule has 0 spiro atoms. The lowest BCUT2D eigenvalue weighted by Gasteiger charge is -2.23. The summed E-state index contributed by atoms with van der Waals surface area (Å²) in [6.07, 6.45) is 2.79. The number of carbonyl (C=O) groups is 1. The minimum atomic E-state index is -0.410. The Morgan fingerprint density at radius 1 is 1.53 bits per heavy atom. The molecule has 0 aromatic carbocycles. The number of methoxy groups -OCH3 is 1. The Morgan fingerprint density at radius 3 is 2.89 bits per heavy atom. The van der Waals surface area contributed by atoms with Crippen molar-refractivity contribution in [1.29, 1.82) is 0 Å². The van der Waals surface area contributed by atoms with E-state index in [-0.39, 0.29) is 0 Å². The summed E-state index contributed by atoms with van der Waals surface area (Å²) in [6, 6.07) is 0. The van der Waals surface area contributed by atoms with Gasteiger partial charge in [-0.15, -0.1) is 5.10 Å². The molecule has 0 bridgehead atoms. The average Bonchev–Trinajstić information content (AvgIpc) is 2.89. The second-order valence-corrected chi connectivity index (χ2v) is 4.70. The first-order valence-corrected chi connectivity index (χ1v) is 6.70. The molecule has 7 nitrogen and oxygen atoms in total. The number of rotatable bonds is 5. The maximum absolute atomic E-state index is 11.8. The normalized spacial score (nSPS) is 16.5. The Labute approximate surface area is 112 Å². The zero-order valence-electron chi connectivity index (χ0n) is 11.3. The predicted octanol–water partition coefficient (Wildman–Crippen LogP) is -0.119. The minimum Gasteiger partial charge on any atom is -0.464 e. The summed E-state index contributed by atoms with van der Waals surface area (Å²) < 4.78 is 6.61. The molecule has 2 rings (SSSR count). The summed E-state index contributed by atoms with van der Waals surface area (Å²) in [6.45, 7) is 3.19. The van der Waals surface area contributed by atoms with E-state index in [1.165, 1.54) is 7.11 Å². The Hall–Kier alpha value is -1.47. The van der Waals surface area contributed by atoms with Gasteiger partial charge >= 0.3 is 5.97 Å². The number of hydrogen-bond donors (Lipinski definition) is 2. The molecular formula is C12H21N5O2. The van der Waals surface area contributed by atoms with Crippen molar-refractivity contribution < 1.29 is 9.53 Å². The lowest BCUT2D eigenvalue weighted by Crippen LogP contribution is -2.29. The molecule has 1 saturated heterocycles. The van der Waals surface area contributed by atoms with Gasteiger partial charge in [-0.05, 0) is 38.9 Å². The molecule has 0 unspecified atom stereocenters. The number of carbonyl (C=O) groups excluding carboxylic acids is 1. The van der Waals surface area contributed by atoms with Gasteiger partial charge in [-0.25, -0.2) is 9.48 Å². The van der Waals surface area contributed by atoms with Crippen LogP contribution in [0.15, 0.2) is 0 Å². The molecular weight excluding hydrogens is 246 g/mol. The van der Waals surface area contributed by atoms with Gasteiger partial charge < -0.3 is 15.8 Å². The van der Waals surface area contributed by atoms with Crippen LogP contribution in [0.5, 0.6) is 0 Å². The quantitative estimate of drug-likeness (QED) is 0.722. The molecule has 0 amide bonds. The third-order valence-corrected chi connectivity index (χ3v) is 3.45. The van der Waals surface area contributed by atoms with Crippen molar-refractivity contribution in [1.82, 2.24) is 20.3 Å². The fourth-order valence-electron chi connectivity index (χ4n) is 2.47. The van der Waals surface area contributed by atoms with Crippen LogP contribution in [0.25, 0.3) is 0 Å². The summed E-state index contributed by atoms with van der Waals surface area (Å²) in [5, 5.41) is 11.4. The number of aryl methyl sites for hydroxylation is 1. The monoisotopic (exact) mass is 267 g/mol. The average molecular weight is 267 g/mol. The zero-order valence-corrected chi connectivity index (χ0v) is 11.3. The highest BCUT2D eigenvalue weighted by atomic mass is 16.5. The van der Waals surface area contributed by atoms with Gasteiger partial charge in [0, 0.05) is 12.5 Å². The van der Waals surface area contributed by atoms with Gasteiger partial charge in [-0.3, -0.25) is 0 Å². The molecule has 1 fully saturated rings. The second-order valence-electron chi connectivity index (χ2n) is 4.70. The smallest absolute Gasteiger partial charge is 0.360 e. The van der Waals surface area contributed by atoms with E-state index in [0.717, 1.165) is 38.0 Å². The first kappa shape index (κ1) is 14.0. The van der Waals surface area contributed by atoms with Crippen LogP contribution in [0.4, 0.5) is 0 Å². The van der Waals surface area contributed by atoms with Gasteiger partial charge in [0.15, 0.2) is 5.69 Å². The number of aromatic nitrogens is 3. The highest BCUT2D eigenvalue weighted by Gasteiger charge is 2.28. The van der Waals surface area contributed by atoms with E-state index in [2.05, 4.69) is 15.6 Å². The molecule has 0 atom stereocenters. The number of esters is 1. The number of hydrogen-bond acceptors (Lipinski definition) is 6. The van der Waals surface area contributed by atoms with Crippen molar-refractivity contribution in [3.05, 3.63) is 11.4 Å². The Balaban J connectivity index is 2.28. The van der Waals surface area contributed by atoms with Crippen molar-refractivity contribution >= 4 is 5.97 Å². The van der Waals surface area contributed by atoms with E-state index >= 15 is 0 Å². The van der Waals surface area contributed by atoms with Crippen molar-refractivity contribution in [2.24, 2.45) is 5.73 Å². The van der Waals surface area contributed by atoms with E-state index in [4.69, 9.17) is 10.5 Å². The van der Waals surface area contributed by atoms with Gasteiger partial charge in [-0.2, -0.15) is 0 Å². The van der Waals surface area contributed by atoms with Crippen LogP contribution in [0.2, 0.25) is 0 Å². The Morgan fingerprint density at radius 2 is 2.26 bits per heavy atom. The van der Waals surface area contributed by atoms with Gasteiger partial charge in [0.05, 0.1) is 12.8 Å². The molecule has 1 aromatic rings. The van der Waals surface area contributed by atoms with Gasteiger partial charge in [0.25, 0.3) is 0 Å². The number of piperidine rings is 1. The van der Waals surface area contributed by atoms with Crippen LogP contribution in [-0.2, 0) is 11.3 Å². The highest BCUT2D eigenvalue weighted by molar-refractivity contribution is 5.88. The van der Waals surface area contributed by atoms with Gasteiger partial charge in [-0.1, -0.05) is 5.21 Å². The van der Waals surface area contributed by atoms with Crippen molar-refractivity contribution in [2.45, 2.75) is 31.7 Å². The van der Waals surface area contributed by atoms with Crippen molar-refractivity contribution in [3.63, 3.8) is 0 Å². The standard InChI is InChI=1S/C12H21N5O2/c1-19-12(18)10-11(9-3-6-14-7-4-9)17(16-15-10)8-2-5-13/h9,14H,2-8,13H2,1H3. The number of ether oxygens (including phenoxy) is 1. The molecule has 3 N–H and O–H groups in total. The molecule has 7 heteroatoms. The van der Waals surface area contributed by atoms with E-state index < -0.39 is 5.97 Å². The SMILES string of the molecule is COC(=O)c1nnn(CCCN)c1C1CCNCC1. The fraction of sp³-hybridized carbons (Fsp3) is 0.750. The van der Waals surface area contributed by atoms with Crippen LogP contribution in [0.1, 0.15) is 41.4 Å². The molecule has 0 saturated carbocycles. The topological polar surface area (TPSA) is 95.1 Å². The van der Waals surface area contributed by atoms with Gasteiger partial charge in [0.1, 0.15) is 0 Å². The summed E-state index contributed by atoms with van der Waals surface area (Å²) in [5.41, 5.74) is 6.79. The lowest BCUT2D eigenvalue weighted by atomic mass is 9.93. The van der Waals surface area contributed by atoms with Crippen LogP contribution in [-0.4, -0.2) is 47.7 Å². The molecule has 1 aliphatic rings. The van der Waals surface area contributed by atoms with Crippen molar-refractivity contribution in [3.8, 4) is 0 Å². The maximum Gasteiger partial charge on any atom is 0.360 e. The molecule has 0 aliphatic carbocycles. The van der Waals surface area contributed by atoms with Gasteiger partial charge in [0.2, 0.25) is 0 Å². The Bertz CT molecular complexity index is 426. The third kappa shape index (κ3) is 3.10. The number of nitrogens with one attached hydrogen (secondary N) is 1. The van der Waals surface area contributed by atoms with Crippen molar-refractivity contribution in [2.75, 3.05) is 26.7 Å². The molecule has 19 heavy (non-hydrogen) atoms. The molecule has 0 radical (unpaired) electrons. The minimum absolute atomic E-state index is 0.308. The fourth-order valence-corrected chi connectivity index (χ4v) is 2.47. The second kappa shape index (κ2) is 6.63. The molecule has 106 valence electrons. The highest BCUT2D eigenvalue weighted by Crippen LogP contribution is 2.27. The number of nitrogens with zero attached hydrogens (tertiary/aromatic N) is 3. The predicted molar refractivity (Wildman–Crippen MR) is 69.9 cm³/mol. The van der Waals surface area contributed by atoms with E-state index in [0.29, 0.717) is 24.7 Å². The summed E-state index contributed by atoms with van der Waals surface area (Å²) >= 11 is 0. The summed E-state index contributed by atoms with van der Waals surface area (Å²) in [7, 11) is 1.37. The van der Waals surface area contributed by atoms with Crippen LogP contribution in [0.3, 0.4) is 0 Å². The van der Waals surface area contributed by atoms with Crippen LogP contribution in [0, 0.1) is 0 Å². The first-order valence-electron chi connectivity index (χ1n) is 6.70. The van der Waals surface area contributed by atoms with Crippen LogP contribution < -0.4 is 11.1 Å². The number of nitrogens with two attached hydrogens (primary N) is 1. The third-order valence-electron chi connectivity index (χ3n) is 3.45. The molecule has 1 aromatic heterocycles. The largest absolute Gasteiger partial charge is 0.464 e. The first-order chi connectivity index (χ1) is 9.27. The zero-order chi connectivity index (χ0) is 13.7. The molecule has 1 aliphatic heterocycles. The Kier molecular flexibility index (Phi) is 4.86. The molecule has 2 heterocycles. The summed E-state index contributed by atoms with van der Waals surface area (Å²) in [5.74, 6) is -0.101.